The van der Waals surface area contributed by atoms with E-state index in [0.29, 0.717) is 11.3 Å². The van der Waals surface area contributed by atoms with Crippen LogP contribution in [0, 0.1) is 17.0 Å². The van der Waals surface area contributed by atoms with Gasteiger partial charge >= 0.3 is 0 Å². The van der Waals surface area contributed by atoms with Crippen molar-refractivity contribution in [3.05, 3.63) is 65.7 Å². The van der Waals surface area contributed by atoms with Crippen molar-refractivity contribution in [3.8, 4) is 0 Å². The lowest BCUT2D eigenvalue weighted by Gasteiger charge is -2.14. The van der Waals surface area contributed by atoms with Gasteiger partial charge in [-0.15, -0.1) is 0 Å². The lowest BCUT2D eigenvalue weighted by molar-refractivity contribution is -0.132. The maximum Gasteiger partial charge on any atom is 0.240 e. The van der Waals surface area contributed by atoms with Gasteiger partial charge in [-0.25, -0.2) is 8.78 Å². The van der Waals surface area contributed by atoms with E-state index in [1.807, 2.05) is 0 Å². The van der Waals surface area contributed by atoms with Crippen LogP contribution in [0.15, 0.2) is 48.5 Å². The summed E-state index contributed by atoms with van der Waals surface area (Å²) in [6.07, 6.45) is 0.265. The molecule has 0 heterocycles. The van der Waals surface area contributed by atoms with Gasteiger partial charge in [-0.1, -0.05) is 12.1 Å². The quantitative estimate of drug-likeness (QED) is 0.851. The van der Waals surface area contributed by atoms with Gasteiger partial charge in [0.1, 0.15) is 17.0 Å². The molecule has 0 radical (unpaired) electrons. The van der Waals surface area contributed by atoms with Crippen LogP contribution in [0.25, 0.3) is 0 Å². The molecule has 0 saturated heterocycles. The van der Waals surface area contributed by atoms with Gasteiger partial charge in [0.2, 0.25) is 11.8 Å². The van der Waals surface area contributed by atoms with E-state index < -0.39 is 28.9 Å². The number of rotatable bonds is 4. The Hall–Kier alpha value is -2.76. The minimum Gasteiger partial charge on any atom is -0.369 e. The topological polar surface area (TPSA) is 72.2 Å². The molecule has 1 fully saturated rings. The van der Waals surface area contributed by atoms with Crippen LogP contribution in [0.2, 0.25) is 0 Å². The van der Waals surface area contributed by atoms with E-state index in [2.05, 4.69) is 5.32 Å². The molecule has 4 nitrogen and oxygen atoms in total. The minimum absolute atomic E-state index is 0.265. The fourth-order valence-corrected chi connectivity index (χ4v) is 2.77. The first-order valence-electron chi connectivity index (χ1n) is 7.06. The number of primary amides is 1. The van der Waals surface area contributed by atoms with Crippen LogP contribution in [0.4, 0.5) is 14.5 Å². The molecule has 23 heavy (non-hydrogen) atoms. The average Bonchev–Trinajstić information content (AvgIpc) is 3.27. The number of hydrogen-bond acceptors (Lipinski definition) is 2. The number of carbonyl (C=O) groups excluding carboxylic acids is 2. The van der Waals surface area contributed by atoms with Gasteiger partial charge in [0.05, 0.1) is 0 Å². The molecule has 3 rings (SSSR count). The monoisotopic (exact) mass is 316 g/mol. The summed E-state index contributed by atoms with van der Waals surface area (Å²) in [4.78, 5) is 24.3. The molecular formula is C17H14F2N2O2. The van der Waals surface area contributed by atoms with E-state index in [1.165, 1.54) is 48.5 Å². The zero-order valence-electron chi connectivity index (χ0n) is 12.1. The van der Waals surface area contributed by atoms with Crippen molar-refractivity contribution in [1.29, 1.82) is 0 Å². The molecule has 2 atom stereocenters. The van der Waals surface area contributed by atoms with Crippen molar-refractivity contribution in [2.24, 2.45) is 11.1 Å². The van der Waals surface area contributed by atoms with Gasteiger partial charge < -0.3 is 11.1 Å². The van der Waals surface area contributed by atoms with Gasteiger partial charge in [0, 0.05) is 11.6 Å². The second kappa shape index (κ2) is 5.46. The Bertz CT molecular complexity index is 759. The van der Waals surface area contributed by atoms with Crippen LogP contribution < -0.4 is 11.1 Å². The zero-order valence-corrected chi connectivity index (χ0v) is 12.1. The predicted molar refractivity (Wildman–Crippen MR) is 80.4 cm³/mol. The predicted octanol–water partition coefficient (Wildman–Crippen LogP) is 2.56. The van der Waals surface area contributed by atoms with E-state index in [1.54, 1.807) is 0 Å². The van der Waals surface area contributed by atoms with Crippen molar-refractivity contribution in [2.45, 2.75) is 12.3 Å². The van der Waals surface area contributed by atoms with Crippen LogP contribution in [-0.2, 0) is 9.59 Å². The lowest BCUT2D eigenvalue weighted by Crippen LogP contribution is -2.37. The van der Waals surface area contributed by atoms with Gasteiger partial charge in [0.25, 0.3) is 0 Å². The molecule has 1 aliphatic carbocycles. The van der Waals surface area contributed by atoms with Crippen molar-refractivity contribution < 1.29 is 18.4 Å². The Morgan fingerprint density at radius 3 is 2.04 bits per heavy atom. The Morgan fingerprint density at radius 1 is 1.00 bits per heavy atom. The molecule has 1 aliphatic rings. The summed E-state index contributed by atoms with van der Waals surface area (Å²) in [5.74, 6) is -2.48. The molecule has 118 valence electrons. The van der Waals surface area contributed by atoms with Gasteiger partial charge in [-0.05, 0) is 48.4 Å². The van der Waals surface area contributed by atoms with Crippen LogP contribution in [-0.4, -0.2) is 11.8 Å². The zero-order chi connectivity index (χ0) is 16.6. The highest BCUT2D eigenvalue weighted by Gasteiger charge is 2.65. The molecule has 0 spiro atoms. The van der Waals surface area contributed by atoms with Crippen LogP contribution >= 0.6 is 0 Å². The largest absolute Gasteiger partial charge is 0.369 e. The molecule has 0 aromatic heterocycles. The molecule has 0 aliphatic heterocycles. The third kappa shape index (κ3) is 2.67. The maximum atomic E-state index is 13.0. The maximum absolute atomic E-state index is 13.0. The summed E-state index contributed by atoms with van der Waals surface area (Å²) in [6.45, 7) is 0. The van der Waals surface area contributed by atoms with E-state index in [0.717, 1.165) is 0 Å². The fraction of sp³-hybridized carbons (Fsp3) is 0.176. The third-order valence-electron chi connectivity index (χ3n) is 4.18. The van der Waals surface area contributed by atoms with E-state index in [4.69, 9.17) is 5.73 Å². The fourth-order valence-electron chi connectivity index (χ4n) is 2.77. The highest BCUT2D eigenvalue weighted by atomic mass is 19.1. The summed E-state index contributed by atoms with van der Waals surface area (Å²) in [5, 5.41) is 2.58. The molecule has 0 bridgehead atoms. The first kappa shape index (κ1) is 15.1. The second-order valence-corrected chi connectivity index (χ2v) is 5.60. The minimum atomic E-state index is -1.35. The van der Waals surface area contributed by atoms with Crippen LogP contribution in [0.1, 0.15) is 17.9 Å². The number of hydrogen-bond donors (Lipinski definition) is 2. The van der Waals surface area contributed by atoms with Crippen LogP contribution in [0.5, 0.6) is 0 Å². The summed E-state index contributed by atoms with van der Waals surface area (Å²) in [5.41, 5.74) is 5.14. The van der Waals surface area contributed by atoms with Gasteiger partial charge in [-0.2, -0.15) is 0 Å². The Balaban J connectivity index is 1.82. The number of nitrogens with one attached hydrogen (secondary N) is 1. The normalized spacial score (nSPS) is 22.4. The summed E-state index contributed by atoms with van der Waals surface area (Å²) >= 11 is 0. The molecule has 2 amide bonds. The SMILES string of the molecule is NC(=O)C1(C(=O)Nc2ccc(F)cc2)CC1c1ccc(F)cc1. The molecule has 6 heteroatoms. The summed E-state index contributed by atoms with van der Waals surface area (Å²) in [6, 6.07) is 10.8. The molecule has 2 unspecified atom stereocenters. The highest BCUT2D eigenvalue weighted by Crippen LogP contribution is 2.59. The number of nitrogens with two attached hydrogens (primary N) is 1. The van der Waals surface area contributed by atoms with E-state index >= 15 is 0 Å². The molecule has 3 N–H and O–H groups in total. The molecule has 1 saturated carbocycles. The number of amides is 2. The number of carbonyl (C=O) groups is 2. The summed E-state index contributed by atoms with van der Waals surface area (Å²) < 4.78 is 25.9. The Morgan fingerprint density at radius 2 is 1.52 bits per heavy atom. The smallest absolute Gasteiger partial charge is 0.240 e. The molecule has 2 aromatic carbocycles. The molecular weight excluding hydrogens is 302 g/mol. The third-order valence-corrected chi connectivity index (χ3v) is 4.18. The lowest BCUT2D eigenvalue weighted by atomic mass is 9.97. The number of anilines is 1. The standard InChI is InChI=1S/C17H14F2N2O2/c18-11-3-1-10(2-4-11)14-9-17(14,15(20)22)16(23)21-13-7-5-12(19)6-8-13/h1-8,14H,9H2,(H2,20,22)(H,21,23). The first-order valence-corrected chi connectivity index (χ1v) is 7.06. The summed E-state index contributed by atoms with van der Waals surface area (Å²) in [7, 11) is 0. The van der Waals surface area contributed by atoms with Gasteiger partial charge in [0.15, 0.2) is 0 Å². The van der Waals surface area contributed by atoms with E-state index in [9.17, 15) is 18.4 Å². The van der Waals surface area contributed by atoms with Crippen LogP contribution in [0.3, 0.4) is 0 Å². The highest BCUT2D eigenvalue weighted by molar-refractivity contribution is 6.14. The Kier molecular flexibility index (Phi) is 3.60. The second-order valence-electron chi connectivity index (χ2n) is 5.60. The van der Waals surface area contributed by atoms with Crippen molar-refractivity contribution >= 4 is 17.5 Å². The van der Waals surface area contributed by atoms with Crippen molar-refractivity contribution in [2.75, 3.05) is 5.32 Å². The Labute approximate surface area is 131 Å². The molecule has 2 aromatic rings. The van der Waals surface area contributed by atoms with Crippen molar-refractivity contribution in [1.82, 2.24) is 0 Å². The van der Waals surface area contributed by atoms with Gasteiger partial charge in [-0.3, -0.25) is 9.59 Å². The number of benzene rings is 2. The van der Waals surface area contributed by atoms with E-state index in [-0.39, 0.29) is 12.3 Å². The number of halogens is 2. The average molecular weight is 316 g/mol. The first-order chi connectivity index (χ1) is 10.9. The van der Waals surface area contributed by atoms with Crippen molar-refractivity contribution in [3.63, 3.8) is 0 Å².